The third-order valence-corrected chi connectivity index (χ3v) is 6.95. The largest absolute Gasteiger partial charge is 0.246 e. The second kappa shape index (κ2) is 5.05. The zero-order chi connectivity index (χ0) is 15.1. The van der Waals surface area contributed by atoms with Gasteiger partial charge in [-0.3, -0.25) is 0 Å². The van der Waals surface area contributed by atoms with Crippen molar-refractivity contribution in [3.05, 3.63) is 29.8 Å². The van der Waals surface area contributed by atoms with E-state index in [1.165, 1.54) is 7.05 Å². The van der Waals surface area contributed by atoms with Crippen molar-refractivity contribution in [2.45, 2.75) is 17.4 Å². The molecule has 2 rings (SSSR count). The van der Waals surface area contributed by atoms with E-state index in [1.54, 1.807) is 0 Å². The van der Waals surface area contributed by atoms with E-state index < -0.39 is 42.4 Å². The Labute approximate surface area is 116 Å². The van der Waals surface area contributed by atoms with Gasteiger partial charge in [-0.2, -0.15) is 4.31 Å². The van der Waals surface area contributed by atoms with Crippen LogP contribution in [0.15, 0.2) is 23.1 Å². The molecule has 0 amide bonds. The van der Waals surface area contributed by atoms with Gasteiger partial charge in [-0.15, -0.1) is 0 Å². The van der Waals surface area contributed by atoms with Crippen LogP contribution in [0.2, 0.25) is 0 Å². The SMILES string of the molecule is CN(C1CCS(=O)(=O)C1)S(=O)(=O)c1cc(F)ccc1F. The topological polar surface area (TPSA) is 71.5 Å². The number of sulfone groups is 1. The maximum atomic E-state index is 13.6. The Morgan fingerprint density at radius 2 is 1.95 bits per heavy atom. The van der Waals surface area contributed by atoms with Gasteiger partial charge >= 0.3 is 0 Å². The van der Waals surface area contributed by atoms with Crippen molar-refractivity contribution >= 4 is 19.9 Å². The molecule has 1 saturated heterocycles. The summed E-state index contributed by atoms with van der Waals surface area (Å²) in [6.45, 7) is 0. The number of sulfonamides is 1. The molecule has 1 fully saturated rings. The Bertz CT molecular complexity index is 731. The molecule has 20 heavy (non-hydrogen) atoms. The first-order chi connectivity index (χ1) is 9.13. The van der Waals surface area contributed by atoms with E-state index in [0.717, 1.165) is 16.4 Å². The second-order valence-electron chi connectivity index (χ2n) is 4.65. The van der Waals surface area contributed by atoms with Crippen molar-refractivity contribution in [3.8, 4) is 0 Å². The third-order valence-electron chi connectivity index (χ3n) is 3.27. The number of nitrogens with zero attached hydrogens (tertiary/aromatic N) is 1. The minimum absolute atomic E-state index is 0.108. The molecule has 5 nitrogen and oxygen atoms in total. The first kappa shape index (κ1) is 15.3. The number of hydrogen-bond acceptors (Lipinski definition) is 4. The predicted molar refractivity (Wildman–Crippen MR) is 68.4 cm³/mol. The monoisotopic (exact) mass is 325 g/mol. The molecule has 1 aromatic carbocycles. The van der Waals surface area contributed by atoms with Crippen molar-refractivity contribution in [3.63, 3.8) is 0 Å². The van der Waals surface area contributed by atoms with Crippen molar-refractivity contribution in [1.82, 2.24) is 4.31 Å². The highest BCUT2D eigenvalue weighted by Gasteiger charge is 2.37. The maximum absolute atomic E-state index is 13.6. The van der Waals surface area contributed by atoms with E-state index in [4.69, 9.17) is 0 Å². The van der Waals surface area contributed by atoms with Gasteiger partial charge < -0.3 is 0 Å². The Morgan fingerprint density at radius 1 is 1.30 bits per heavy atom. The lowest BCUT2D eigenvalue weighted by atomic mass is 10.3. The molecule has 1 unspecified atom stereocenters. The van der Waals surface area contributed by atoms with Crippen molar-refractivity contribution in [2.24, 2.45) is 0 Å². The minimum atomic E-state index is -4.27. The third kappa shape index (κ3) is 2.84. The van der Waals surface area contributed by atoms with Gasteiger partial charge in [0.2, 0.25) is 10.0 Å². The highest BCUT2D eigenvalue weighted by molar-refractivity contribution is 7.92. The van der Waals surface area contributed by atoms with E-state index in [1.807, 2.05) is 0 Å². The van der Waals surface area contributed by atoms with E-state index in [0.29, 0.717) is 6.07 Å². The summed E-state index contributed by atoms with van der Waals surface area (Å²) in [5.41, 5.74) is 0. The molecule has 1 aromatic rings. The molecule has 0 spiro atoms. The number of halogens is 2. The smallest absolute Gasteiger partial charge is 0.229 e. The normalized spacial score (nSPS) is 22.3. The molecule has 0 aromatic heterocycles. The van der Waals surface area contributed by atoms with Crippen LogP contribution in [0.4, 0.5) is 8.78 Å². The summed E-state index contributed by atoms with van der Waals surface area (Å²) in [6, 6.07) is 1.37. The summed E-state index contributed by atoms with van der Waals surface area (Å²) in [7, 11) is -6.38. The molecule has 0 radical (unpaired) electrons. The fourth-order valence-corrected chi connectivity index (χ4v) is 5.42. The van der Waals surface area contributed by atoms with Crippen LogP contribution >= 0.6 is 0 Å². The summed E-state index contributed by atoms with van der Waals surface area (Å²) >= 11 is 0. The fourth-order valence-electron chi connectivity index (χ4n) is 2.09. The van der Waals surface area contributed by atoms with Gasteiger partial charge in [0.15, 0.2) is 9.84 Å². The molecule has 9 heteroatoms. The van der Waals surface area contributed by atoms with Crippen LogP contribution in [0.5, 0.6) is 0 Å². The first-order valence-electron chi connectivity index (χ1n) is 5.77. The molecule has 1 heterocycles. The highest BCUT2D eigenvalue weighted by atomic mass is 32.2. The van der Waals surface area contributed by atoms with Gasteiger partial charge in [0.25, 0.3) is 0 Å². The van der Waals surface area contributed by atoms with Gasteiger partial charge in [-0.25, -0.2) is 25.6 Å². The summed E-state index contributed by atoms with van der Waals surface area (Å²) in [5, 5.41) is 0. The van der Waals surface area contributed by atoms with Crippen LogP contribution in [0.1, 0.15) is 6.42 Å². The van der Waals surface area contributed by atoms with Gasteiger partial charge in [0.1, 0.15) is 16.5 Å². The fraction of sp³-hybridized carbons (Fsp3) is 0.455. The Hall–Kier alpha value is -1.06. The Morgan fingerprint density at radius 3 is 2.50 bits per heavy atom. The van der Waals surface area contributed by atoms with Crippen molar-refractivity contribution < 1.29 is 25.6 Å². The van der Waals surface area contributed by atoms with Crippen molar-refractivity contribution in [2.75, 3.05) is 18.6 Å². The molecule has 0 saturated carbocycles. The molecular formula is C11H13F2NO4S2. The molecule has 0 bridgehead atoms. The lowest BCUT2D eigenvalue weighted by molar-refractivity contribution is 0.390. The summed E-state index contributed by atoms with van der Waals surface area (Å²) in [5.74, 6) is -2.36. The molecule has 1 aliphatic heterocycles. The molecule has 1 atom stereocenters. The van der Waals surface area contributed by atoms with E-state index in [9.17, 15) is 25.6 Å². The summed E-state index contributed by atoms with van der Waals surface area (Å²) in [4.78, 5) is -0.788. The second-order valence-corrected chi connectivity index (χ2v) is 8.85. The van der Waals surface area contributed by atoms with Crippen LogP contribution < -0.4 is 0 Å². The summed E-state index contributed by atoms with van der Waals surface area (Å²) in [6.07, 6.45) is 0.148. The number of hydrogen-bond donors (Lipinski definition) is 0. The predicted octanol–water partition coefficient (Wildman–Crippen LogP) is 0.772. The Kier molecular flexibility index (Phi) is 3.87. The number of benzene rings is 1. The molecule has 0 N–H and O–H groups in total. The quantitative estimate of drug-likeness (QED) is 0.823. The molecule has 1 aliphatic rings. The molecule has 0 aliphatic carbocycles. The highest BCUT2D eigenvalue weighted by Crippen LogP contribution is 2.25. The molecule has 112 valence electrons. The van der Waals surface area contributed by atoms with Crippen LogP contribution in [0, 0.1) is 11.6 Å². The lowest BCUT2D eigenvalue weighted by Gasteiger charge is -2.23. The van der Waals surface area contributed by atoms with Gasteiger partial charge in [0, 0.05) is 13.1 Å². The minimum Gasteiger partial charge on any atom is -0.229 e. The van der Waals surface area contributed by atoms with Gasteiger partial charge in [-0.1, -0.05) is 0 Å². The van der Waals surface area contributed by atoms with Crippen LogP contribution in [0.3, 0.4) is 0 Å². The van der Waals surface area contributed by atoms with E-state index >= 15 is 0 Å². The molecular weight excluding hydrogens is 312 g/mol. The average molecular weight is 325 g/mol. The van der Waals surface area contributed by atoms with Crippen LogP contribution in [0.25, 0.3) is 0 Å². The Balaban J connectivity index is 2.38. The summed E-state index contributed by atoms with van der Waals surface area (Å²) < 4.78 is 74.7. The van der Waals surface area contributed by atoms with E-state index in [2.05, 4.69) is 0 Å². The van der Waals surface area contributed by atoms with Crippen LogP contribution in [-0.4, -0.2) is 45.7 Å². The van der Waals surface area contributed by atoms with Gasteiger partial charge in [0.05, 0.1) is 11.5 Å². The van der Waals surface area contributed by atoms with Crippen molar-refractivity contribution in [1.29, 1.82) is 0 Å². The average Bonchev–Trinajstić information content (AvgIpc) is 2.71. The van der Waals surface area contributed by atoms with Crippen LogP contribution in [-0.2, 0) is 19.9 Å². The van der Waals surface area contributed by atoms with Gasteiger partial charge in [-0.05, 0) is 24.6 Å². The van der Waals surface area contributed by atoms with E-state index in [-0.39, 0.29) is 17.9 Å². The standard InChI is InChI=1S/C11H13F2NO4S2/c1-14(9-4-5-19(15,16)7-9)20(17,18)11-6-8(12)2-3-10(11)13/h2-3,6,9H,4-5,7H2,1H3. The zero-order valence-electron chi connectivity index (χ0n) is 10.6. The first-order valence-corrected chi connectivity index (χ1v) is 9.03. The lowest BCUT2D eigenvalue weighted by Crippen LogP contribution is -2.38. The zero-order valence-corrected chi connectivity index (χ0v) is 12.2. The number of rotatable bonds is 3. The maximum Gasteiger partial charge on any atom is 0.246 e.